The molecule has 2 aliphatic rings. The van der Waals surface area contributed by atoms with Crippen LogP contribution in [0.25, 0.3) is 21.9 Å². The van der Waals surface area contributed by atoms with E-state index in [1.807, 2.05) is 37.3 Å². The number of nitrogens with one attached hydrogen (secondary N) is 7. The van der Waals surface area contributed by atoms with E-state index < -0.39 is 94.5 Å². The molecular formula is C56H65N13O11. The molecule has 420 valence electrons. The number of nitrogens with two attached hydrogens (primary N) is 1. The van der Waals surface area contributed by atoms with Crippen LogP contribution >= 0.6 is 0 Å². The normalized spacial score (nSPS) is 16.9. The van der Waals surface area contributed by atoms with Gasteiger partial charge in [-0.15, -0.1) is 0 Å². The number of fused-ring (bicyclic) bond motifs is 2. The summed E-state index contributed by atoms with van der Waals surface area (Å²) < 4.78 is 4.77. The van der Waals surface area contributed by atoms with Crippen molar-refractivity contribution in [1.82, 2.24) is 51.7 Å². The molecule has 2 aromatic heterocycles. The molecule has 24 nitrogen and oxygen atoms in total. The van der Waals surface area contributed by atoms with Gasteiger partial charge in [-0.2, -0.15) is 0 Å². The molecule has 9 N–H and O–H groups in total. The van der Waals surface area contributed by atoms with Crippen LogP contribution in [0.15, 0.2) is 108 Å². The van der Waals surface area contributed by atoms with Crippen LogP contribution in [0.3, 0.4) is 0 Å². The lowest BCUT2D eigenvalue weighted by atomic mass is 10.0. The van der Waals surface area contributed by atoms with Gasteiger partial charge in [0.05, 0.1) is 10.6 Å². The molecule has 2 aliphatic heterocycles. The molecule has 7 atom stereocenters. The third-order valence-electron chi connectivity index (χ3n) is 14.5. The molecule has 0 bridgehead atoms. The minimum atomic E-state index is -1.34. The molecule has 2 fully saturated rings. The minimum Gasteiger partial charge on any atom is -0.383 e. The fourth-order valence-corrected chi connectivity index (χ4v) is 10.3. The quantitative estimate of drug-likeness (QED) is 0.0301. The topological polar surface area (TPSA) is 339 Å². The number of likely N-dealkylation sites (tertiary alicyclic amines) is 2. The number of carbonyl (C=O) groups excluding carboxylic acids is 8. The number of carbonyl (C=O) groups is 8. The second-order valence-electron chi connectivity index (χ2n) is 20.0. The number of H-pyrrole nitrogens is 1. The maximum absolute atomic E-state index is 15.0. The highest BCUT2D eigenvalue weighted by Gasteiger charge is 2.44. The van der Waals surface area contributed by atoms with Crippen molar-refractivity contribution in [3.63, 3.8) is 0 Å². The van der Waals surface area contributed by atoms with Gasteiger partial charge in [-0.05, 0) is 91.2 Å². The maximum Gasteiger partial charge on any atom is 0.300 e. The van der Waals surface area contributed by atoms with Crippen molar-refractivity contribution in [3.8, 4) is 0 Å². The Morgan fingerprint density at radius 1 is 0.725 bits per heavy atom. The molecule has 0 radical (unpaired) electrons. The van der Waals surface area contributed by atoms with E-state index in [1.54, 1.807) is 60.8 Å². The van der Waals surface area contributed by atoms with Crippen LogP contribution in [0.4, 0.5) is 11.4 Å². The number of nitrogens with zero attached hydrogens (tertiary/aromatic N) is 5. The van der Waals surface area contributed by atoms with Gasteiger partial charge in [0, 0.05) is 61.2 Å². The van der Waals surface area contributed by atoms with Gasteiger partial charge in [0.2, 0.25) is 46.9 Å². The Hall–Kier alpha value is -9.22. The van der Waals surface area contributed by atoms with Crippen molar-refractivity contribution in [3.05, 3.63) is 130 Å². The van der Waals surface area contributed by atoms with Crippen molar-refractivity contribution in [2.45, 2.75) is 120 Å². The van der Waals surface area contributed by atoms with Crippen molar-refractivity contribution in [2.75, 3.05) is 25.0 Å². The van der Waals surface area contributed by atoms with Gasteiger partial charge in [-0.3, -0.25) is 48.5 Å². The number of benzene rings is 4. The molecule has 0 saturated carbocycles. The number of rotatable bonds is 25. The van der Waals surface area contributed by atoms with Gasteiger partial charge >= 0.3 is 5.69 Å². The number of nitro benzene ring substituents is 1. The fourth-order valence-electron chi connectivity index (χ4n) is 10.3. The van der Waals surface area contributed by atoms with Gasteiger partial charge in [-0.1, -0.05) is 86.5 Å². The summed E-state index contributed by atoms with van der Waals surface area (Å²) in [5.74, 6) is -4.96. The molecule has 7 unspecified atom stereocenters. The first-order valence-corrected chi connectivity index (χ1v) is 26.8. The van der Waals surface area contributed by atoms with E-state index in [2.05, 4.69) is 47.2 Å². The summed E-state index contributed by atoms with van der Waals surface area (Å²) in [4.78, 5) is 129. The zero-order chi connectivity index (χ0) is 56.9. The maximum atomic E-state index is 15.0. The van der Waals surface area contributed by atoms with Crippen LogP contribution in [0.2, 0.25) is 0 Å². The summed E-state index contributed by atoms with van der Waals surface area (Å²) in [5.41, 5.74) is 7.98. The predicted octanol–water partition coefficient (Wildman–Crippen LogP) is 3.31. The minimum absolute atomic E-state index is 0.0134. The van der Waals surface area contributed by atoms with Crippen molar-refractivity contribution in [2.24, 2.45) is 5.73 Å². The van der Waals surface area contributed by atoms with E-state index in [1.165, 1.54) is 28.9 Å². The van der Waals surface area contributed by atoms with E-state index in [0.29, 0.717) is 55.3 Å². The summed E-state index contributed by atoms with van der Waals surface area (Å²) in [6.45, 7) is 3.84. The van der Waals surface area contributed by atoms with Crippen LogP contribution in [-0.2, 0) is 46.4 Å². The first kappa shape index (κ1) is 57.0. The molecular weight excluding hydrogens is 1030 g/mol. The van der Waals surface area contributed by atoms with Crippen LogP contribution in [0.5, 0.6) is 0 Å². The molecule has 8 rings (SSSR count). The predicted molar refractivity (Wildman–Crippen MR) is 293 cm³/mol. The van der Waals surface area contributed by atoms with E-state index in [0.717, 1.165) is 17.3 Å². The van der Waals surface area contributed by atoms with E-state index >= 15 is 0 Å². The van der Waals surface area contributed by atoms with Crippen LogP contribution in [0, 0.1) is 10.1 Å². The van der Waals surface area contributed by atoms with Gasteiger partial charge < -0.3 is 52.4 Å². The second kappa shape index (κ2) is 26.4. The number of unbranched alkanes of at least 4 members (excludes halogenated alkanes) is 1. The Morgan fingerprint density at radius 2 is 1.39 bits per heavy atom. The fraction of sp³-hybridized carbons (Fsp3) is 0.393. The first-order chi connectivity index (χ1) is 38.6. The van der Waals surface area contributed by atoms with Gasteiger partial charge in [0.15, 0.2) is 5.52 Å². The lowest BCUT2D eigenvalue weighted by Gasteiger charge is -2.33. The number of nitro groups is 1. The number of amides is 8. The van der Waals surface area contributed by atoms with Crippen LogP contribution in [0.1, 0.15) is 86.7 Å². The number of anilines is 1. The molecule has 80 heavy (non-hydrogen) atoms. The Labute approximate surface area is 459 Å². The molecule has 8 amide bonds. The van der Waals surface area contributed by atoms with Gasteiger partial charge in [0.25, 0.3) is 5.91 Å². The number of aromatic amines is 1. The second-order valence-corrected chi connectivity index (χ2v) is 20.0. The monoisotopic (exact) mass is 1100 g/mol. The lowest BCUT2D eigenvalue weighted by molar-refractivity contribution is -0.383. The van der Waals surface area contributed by atoms with Crippen LogP contribution < -0.4 is 37.6 Å². The third kappa shape index (κ3) is 13.7. The van der Waals surface area contributed by atoms with Crippen molar-refractivity contribution >= 4 is 80.6 Å². The molecule has 6 aromatic rings. The Kier molecular flexibility index (Phi) is 18.8. The van der Waals surface area contributed by atoms with E-state index in [-0.39, 0.29) is 61.2 Å². The number of aromatic nitrogens is 3. The number of hydrogen-bond donors (Lipinski definition) is 8. The number of primary amides is 1. The highest BCUT2D eigenvalue weighted by Crippen LogP contribution is 2.30. The highest BCUT2D eigenvalue weighted by atomic mass is 16.6. The van der Waals surface area contributed by atoms with Crippen molar-refractivity contribution in [1.29, 1.82) is 0 Å². The molecule has 0 aliphatic carbocycles. The summed E-state index contributed by atoms with van der Waals surface area (Å²) in [7, 11) is 0. The zero-order valence-electron chi connectivity index (χ0n) is 44.4. The van der Waals surface area contributed by atoms with Crippen LogP contribution in [-0.4, -0.2) is 139 Å². The highest BCUT2D eigenvalue weighted by molar-refractivity contribution is 6.00. The Balaban J connectivity index is 1.00. The smallest absolute Gasteiger partial charge is 0.300 e. The Bertz CT molecular complexity index is 3220. The largest absolute Gasteiger partial charge is 0.383 e. The summed E-state index contributed by atoms with van der Waals surface area (Å²) in [6.07, 6.45) is 5.09. The third-order valence-corrected chi connectivity index (χ3v) is 14.5. The molecule has 24 heteroatoms. The SMILES string of the molecule is CCCCC(NC(=O)C1CCCN1C(=O)C1CCCN1C(=O)C(Cc1ccccc1)NC(=O)C(Cc1c[nH]c2ccccc12)NC(=O)C(C)NC(=O)C(CCNc1ccc([N+](=O)[O-])c2nonc12)NC(=O)c1ccccc1)C(N)=O. The van der Waals surface area contributed by atoms with E-state index in [4.69, 9.17) is 10.4 Å². The summed E-state index contributed by atoms with van der Waals surface area (Å²) >= 11 is 0. The molecule has 2 saturated heterocycles. The first-order valence-electron chi connectivity index (χ1n) is 26.8. The molecule has 4 heterocycles. The standard InChI is InChI=1S/C56H65N13O11/c1-3-4-20-40(49(57)70)61-54(75)45-22-13-28-67(45)56(77)46-23-14-29-68(46)55(76)43(30-34-15-7-5-8-16-34)64-53(74)42(31-36-32-59-38-21-12-11-19-37(36)38)63-50(71)33(2)60-52(73)41(62-51(72)35-17-9-6-10-18-35)26-27-58-39-24-25-44(69(78)79)48-47(39)65-80-66-48/h5-12,15-19,21,24-25,32-33,40-43,45-46,58-59H,3-4,13-14,20,22-23,26-31H2,1-2H3,(H2,57,70)(H,60,73)(H,61,75)(H,62,72)(H,63,71)(H,64,74). The lowest BCUT2D eigenvalue weighted by Crippen LogP contribution is -2.60. The number of non-ortho nitro benzene ring substituents is 1. The average Bonchev–Trinajstić information content (AvgIpc) is 4.36. The van der Waals surface area contributed by atoms with E-state index in [9.17, 15) is 48.5 Å². The number of para-hydroxylation sites is 1. The van der Waals surface area contributed by atoms with Gasteiger partial charge in [-0.25, -0.2) is 4.63 Å². The molecule has 4 aromatic carbocycles. The van der Waals surface area contributed by atoms with Crippen molar-refractivity contribution < 1.29 is 47.9 Å². The van der Waals surface area contributed by atoms with Gasteiger partial charge in [0.1, 0.15) is 42.3 Å². The average molecular weight is 1100 g/mol. The summed E-state index contributed by atoms with van der Waals surface area (Å²) in [5, 5.41) is 36.8. The number of hydrogen-bond acceptors (Lipinski definition) is 14. The molecule has 0 spiro atoms. The zero-order valence-corrected chi connectivity index (χ0v) is 44.4. The summed E-state index contributed by atoms with van der Waals surface area (Å²) in [6, 6.07) is 19.3. The Morgan fingerprint density at radius 3 is 2.11 bits per heavy atom.